The van der Waals surface area contributed by atoms with E-state index in [1.165, 1.54) is 23.4 Å². The summed E-state index contributed by atoms with van der Waals surface area (Å²) in [5, 5.41) is 15.6. The van der Waals surface area contributed by atoms with Gasteiger partial charge in [0.2, 0.25) is 11.5 Å². The lowest BCUT2D eigenvalue weighted by Crippen LogP contribution is -2.64. The van der Waals surface area contributed by atoms with Crippen molar-refractivity contribution in [3.05, 3.63) is 53.2 Å². The van der Waals surface area contributed by atoms with E-state index < -0.39 is 42.3 Å². The molecule has 1 aromatic heterocycles. The van der Waals surface area contributed by atoms with E-state index in [2.05, 4.69) is 32.7 Å². The molecule has 0 unspecified atom stereocenters. The maximum Gasteiger partial charge on any atom is 0.269 e. The summed E-state index contributed by atoms with van der Waals surface area (Å²) >= 11 is 0. The lowest BCUT2D eigenvalue weighted by Gasteiger charge is -2.47. The minimum Gasteiger partial charge on any atom is -0.459 e. The van der Waals surface area contributed by atoms with Crippen LogP contribution in [0.5, 0.6) is 5.88 Å². The van der Waals surface area contributed by atoms with Crippen molar-refractivity contribution in [2.24, 2.45) is 0 Å². The number of halogens is 2. The molecule has 3 heterocycles. The lowest BCUT2D eigenvalue weighted by molar-refractivity contribution is -0.197. The highest BCUT2D eigenvalue weighted by atomic mass is 19.3. The van der Waals surface area contributed by atoms with Crippen molar-refractivity contribution in [1.29, 1.82) is 0 Å². The highest BCUT2D eigenvalue weighted by Crippen LogP contribution is 2.51. The standard InChI is InChI=1S/C23H24F2N4O4/c24-23(25)12-22(13-23)21(32)28-18-7-16(8-27-20(18)33-22)19(31)26-9-17(30)11-29-6-5-14-3-1-2-4-15(14)10-29/h1-4,7-8,17,30H,5-6,9-13H2,(H,26,31)(H,28,32)/t17-/m0/s1. The molecule has 0 saturated heterocycles. The van der Waals surface area contributed by atoms with Gasteiger partial charge in [0.05, 0.1) is 24.5 Å². The van der Waals surface area contributed by atoms with Gasteiger partial charge in [-0.2, -0.15) is 0 Å². The van der Waals surface area contributed by atoms with Gasteiger partial charge in [-0.3, -0.25) is 14.5 Å². The first-order valence-electron chi connectivity index (χ1n) is 10.9. The minimum atomic E-state index is -2.94. The van der Waals surface area contributed by atoms with E-state index in [1.54, 1.807) is 0 Å². The van der Waals surface area contributed by atoms with Crippen molar-refractivity contribution in [2.75, 3.05) is 25.0 Å². The van der Waals surface area contributed by atoms with Gasteiger partial charge >= 0.3 is 0 Å². The van der Waals surface area contributed by atoms with Crippen molar-refractivity contribution in [1.82, 2.24) is 15.2 Å². The van der Waals surface area contributed by atoms with Crippen molar-refractivity contribution < 1.29 is 28.2 Å². The quantitative estimate of drug-likeness (QED) is 0.631. The van der Waals surface area contributed by atoms with E-state index in [1.807, 2.05) is 12.1 Å². The fourth-order valence-electron chi connectivity index (χ4n) is 4.62. The number of β-amino-alcohol motifs (C(OH)–C–C–N with tert-alkyl or cyclic N) is 1. The molecule has 2 aliphatic heterocycles. The molecule has 1 aromatic carbocycles. The summed E-state index contributed by atoms with van der Waals surface area (Å²) in [4.78, 5) is 31.0. The van der Waals surface area contributed by atoms with E-state index in [9.17, 15) is 23.5 Å². The van der Waals surface area contributed by atoms with Crippen LogP contribution in [0, 0.1) is 0 Å². The van der Waals surface area contributed by atoms with Crippen LogP contribution in [0.25, 0.3) is 0 Å². The van der Waals surface area contributed by atoms with Crippen LogP contribution in [0.4, 0.5) is 14.5 Å². The molecule has 3 aliphatic rings. The second-order valence-electron chi connectivity index (χ2n) is 8.95. The third-order valence-electron chi connectivity index (χ3n) is 6.33. The molecule has 1 saturated carbocycles. The fourth-order valence-corrected chi connectivity index (χ4v) is 4.62. The predicted molar refractivity (Wildman–Crippen MR) is 114 cm³/mol. The van der Waals surface area contributed by atoms with Crippen LogP contribution in [0.1, 0.15) is 34.3 Å². The highest BCUT2D eigenvalue weighted by molar-refractivity contribution is 6.03. The van der Waals surface area contributed by atoms with Gasteiger partial charge in [-0.1, -0.05) is 24.3 Å². The molecule has 1 atom stereocenters. The van der Waals surface area contributed by atoms with Crippen LogP contribution >= 0.6 is 0 Å². The number of ether oxygens (including phenoxy) is 1. The number of hydrogen-bond acceptors (Lipinski definition) is 6. The van der Waals surface area contributed by atoms with Crippen molar-refractivity contribution >= 4 is 17.5 Å². The molecule has 0 bridgehead atoms. The number of carbonyl (C=O) groups is 2. The van der Waals surface area contributed by atoms with Gasteiger partial charge in [0.25, 0.3) is 17.7 Å². The number of pyridine rings is 1. The van der Waals surface area contributed by atoms with E-state index in [0.717, 1.165) is 19.5 Å². The summed E-state index contributed by atoms with van der Waals surface area (Å²) in [6, 6.07) is 9.60. The number of aliphatic hydroxyl groups is 1. The Labute approximate surface area is 188 Å². The zero-order valence-corrected chi connectivity index (χ0v) is 17.8. The zero-order chi connectivity index (χ0) is 23.2. The molecular weight excluding hydrogens is 434 g/mol. The summed E-state index contributed by atoms with van der Waals surface area (Å²) in [5.74, 6) is -4.07. The molecule has 0 radical (unpaired) electrons. The number of anilines is 1. The second-order valence-corrected chi connectivity index (χ2v) is 8.95. The Balaban J connectivity index is 1.15. The third-order valence-corrected chi connectivity index (χ3v) is 6.33. The Morgan fingerprint density at radius 3 is 2.82 bits per heavy atom. The summed E-state index contributed by atoms with van der Waals surface area (Å²) in [7, 11) is 0. The molecule has 1 spiro atoms. The first-order chi connectivity index (χ1) is 15.7. The maximum absolute atomic E-state index is 13.3. The number of nitrogens with zero attached hydrogens (tertiary/aromatic N) is 2. The van der Waals surface area contributed by atoms with E-state index in [-0.39, 0.29) is 23.7 Å². The van der Waals surface area contributed by atoms with Crippen LogP contribution < -0.4 is 15.4 Å². The van der Waals surface area contributed by atoms with Crippen LogP contribution in [0.3, 0.4) is 0 Å². The first-order valence-corrected chi connectivity index (χ1v) is 10.9. The molecule has 1 fully saturated rings. The Bertz CT molecular complexity index is 1100. The number of alkyl halides is 2. The number of hydrogen-bond donors (Lipinski definition) is 3. The number of aromatic nitrogens is 1. The van der Waals surface area contributed by atoms with Gasteiger partial charge in [-0.25, -0.2) is 13.8 Å². The average Bonchev–Trinajstić information content (AvgIpc) is 2.76. The summed E-state index contributed by atoms with van der Waals surface area (Å²) in [6.45, 7) is 2.07. The molecule has 10 heteroatoms. The van der Waals surface area contributed by atoms with Crippen LogP contribution in [-0.4, -0.2) is 64.1 Å². The number of rotatable bonds is 5. The van der Waals surface area contributed by atoms with E-state index in [4.69, 9.17) is 4.74 Å². The van der Waals surface area contributed by atoms with E-state index in [0.29, 0.717) is 6.54 Å². The number of nitrogens with one attached hydrogen (secondary N) is 2. The Hall–Kier alpha value is -3.11. The predicted octanol–water partition coefficient (Wildman–Crippen LogP) is 1.73. The molecule has 2 amide bonds. The number of benzene rings is 1. The number of amides is 2. The maximum atomic E-state index is 13.3. The Morgan fingerprint density at radius 1 is 1.30 bits per heavy atom. The normalized spacial score (nSPS) is 21.1. The zero-order valence-electron chi connectivity index (χ0n) is 17.8. The third kappa shape index (κ3) is 4.28. The minimum absolute atomic E-state index is 0.00654. The number of aliphatic hydroxyl groups excluding tert-OH is 1. The van der Waals surface area contributed by atoms with Crippen LogP contribution in [0.2, 0.25) is 0 Å². The van der Waals surface area contributed by atoms with Crippen LogP contribution in [-0.2, 0) is 17.8 Å². The number of carbonyl (C=O) groups excluding carboxylic acids is 2. The molecule has 5 rings (SSSR count). The van der Waals surface area contributed by atoms with Crippen molar-refractivity contribution in [3.8, 4) is 5.88 Å². The first kappa shape index (κ1) is 21.7. The number of fused-ring (bicyclic) bond motifs is 2. The smallest absolute Gasteiger partial charge is 0.269 e. The molecule has 2 aromatic rings. The molecule has 1 aliphatic carbocycles. The summed E-state index contributed by atoms with van der Waals surface area (Å²) in [6.07, 6.45) is 0.0195. The summed E-state index contributed by atoms with van der Waals surface area (Å²) < 4.78 is 32.1. The average molecular weight is 458 g/mol. The Morgan fingerprint density at radius 2 is 2.06 bits per heavy atom. The van der Waals surface area contributed by atoms with Gasteiger partial charge in [0.15, 0.2) is 0 Å². The van der Waals surface area contributed by atoms with E-state index >= 15 is 0 Å². The summed E-state index contributed by atoms with van der Waals surface area (Å²) in [5.41, 5.74) is 1.28. The fraction of sp³-hybridized carbons (Fsp3) is 0.435. The van der Waals surface area contributed by atoms with Gasteiger partial charge in [-0.15, -0.1) is 0 Å². The topological polar surface area (TPSA) is 104 Å². The second kappa shape index (κ2) is 8.03. The van der Waals surface area contributed by atoms with Gasteiger partial charge in [-0.05, 0) is 23.6 Å². The van der Waals surface area contributed by atoms with Crippen molar-refractivity contribution in [3.63, 3.8) is 0 Å². The van der Waals surface area contributed by atoms with Gasteiger partial charge in [0, 0.05) is 32.4 Å². The largest absolute Gasteiger partial charge is 0.459 e. The SMILES string of the molecule is O=C(NC[C@H](O)CN1CCc2ccccc2C1)c1cnc2c(c1)NC(=O)C1(CC(F)(F)C1)O2. The molecule has 33 heavy (non-hydrogen) atoms. The lowest BCUT2D eigenvalue weighted by atomic mass is 9.75. The van der Waals surface area contributed by atoms with Gasteiger partial charge < -0.3 is 20.5 Å². The van der Waals surface area contributed by atoms with Gasteiger partial charge in [0.1, 0.15) is 5.69 Å². The molecule has 3 N–H and O–H groups in total. The Kier molecular flexibility index (Phi) is 5.29. The van der Waals surface area contributed by atoms with Crippen molar-refractivity contribution in [2.45, 2.75) is 43.4 Å². The van der Waals surface area contributed by atoms with Crippen LogP contribution in [0.15, 0.2) is 36.5 Å². The molecular formula is C23H24F2N4O4. The highest BCUT2D eigenvalue weighted by Gasteiger charge is 2.64. The monoisotopic (exact) mass is 458 g/mol. The molecule has 8 nitrogen and oxygen atoms in total. The molecule has 174 valence electrons.